The van der Waals surface area contributed by atoms with Crippen molar-refractivity contribution < 1.29 is 19.1 Å². The smallest absolute Gasteiger partial charge is 0.276 e. The Kier molecular flexibility index (Phi) is 6.15. The number of hydrogen-bond donors (Lipinski definition) is 1. The van der Waals surface area contributed by atoms with E-state index >= 15 is 0 Å². The van der Waals surface area contributed by atoms with Gasteiger partial charge >= 0.3 is 0 Å². The number of benzene rings is 1. The molecule has 1 N–H and O–H groups in total. The van der Waals surface area contributed by atoms with Crippen molar-refractivity contribution in [3.8, 4) is 6.07 Å². The molecular weight excluding hydrogens is 508 g/mol. The van der Waals surface area contributed by atoms with E-state index in [0.29, 0.717) is 49.2 Å². The standard InChI is InChI=1S/C30H34N6O4/c1-2-34-28-24(23(17-8-9-17)25(29(34)38)32-27(37)18-6-4-3-5-7-18)26(33-36(28)20-10-12-40-13-11-20)30(39)35-21(16-31)14-19-15-22(19)35/h3-7,17,19-23,25H,2,8-15H2,1H3,(H,32,37)/t19-,21-,22+,23-,25-/m0/s1. The number of nitrogens with one attached hydrogen (secondary N) is 1. The minimum absolute atomic E-state index is 0.000211. The molecule has 2 saturated heterocycles. The van der Waals surface area contributed by atoms with E-state index in [1.807, 2.05) is 17.7 Å². The Morgan fingerprint density at radius 3 is 2.52 bits per heavy atom. The summed E-state index contributed by atoms with van der Waals surface area (Å²) in [6.07, 6.45) is 4.96. The average Bonchev–Trinajstić information content (AvgIpc) is 3.91. The SMILES string of the molecule is CCN1C(=O)[C@@H](NC(=O)c2ccccc2)[C@@H](C2CC2)c2c(C(=O)N3[C@H](C#N)C[C@H]4C[C@H]43)nn(C3CCOCC3)c21. The lowest BCUT2D eigenvalue weighted by Crippen LogP contribution is -2.56. The Hall–Kier alpha value is -3.71. The highest BCUT2D eigenvalue weighted by atomic mass is 16.5. The molecule has 1 aromatic carbocycles. The van der Waals surface area contributed by atoms with Crippen LogP contribution in [0, 0.1) is 23.2 Å². The van der Waals surface area contributed by atoms with E-state index in [0.717, 1.165) is 37.7 Å². The summed E-state index contributed by atoms with van der Waals surface area (Å²) in [7, 11) is 0. The van der Waals surface area contributed by atoms with E-state index in [9.17, 15) is 19.6 Å². The molecule has 2 aromatic rings. The van der Waals surface area contributed by atoms with Crippen molar-refractivity contribution in [1.82, 2.24) is 20.0 Å². The normalized spacial score (nSPS) is 29.5. The highest BCUT2D eigenvalue weighted by Gasteiger charge is 2.57. The zero-order chi connectivity index (χ0) is 27.5. The monoisotopic (exact) mass is 542 g/mol. The molecule has 10 nitrogen and oxygen atoms in total. The van der Waals surface area contributed by atoms with Crippen LogP contribution in [0.3, 0.4) is 0 Å². The van der Waals surface area contributed by atoms with Gasteiger partial charge in [0.05, 0.1) is 12.1 Å². The van der Waals surface area contributed by atoms with Crippen LogP contribution in [-0.2, 0) is 9.53 Å². The van der Waals surface area contributed by atoms with E-state index in [-0.39, 0.29) is 41.6 Å². The summed E-state index contributed by atoms with van der Waals surface area (Å²) in [5, 5.41) is 17.9. The Morgan fingerprint density at radius 2 is 1.85 bits per heavy atom. The molecule has 0 radical (unpaired) electrons. The molecule has 5 atom stereocenters. The largest absolute Gasteiger partial charge is 0.381 e. The fraction of sp³-hybridized carbons (Fsp3) is 0.567. The summed E-state index contributed by atoms with van der Waals surface area (Å²) < 4.78 is 7.52. The van der Waals surface area contributed by atoms with E-state index in [4.69, 9.17) is 9.84 Å². The molecule has 3 amide bonds. The van der Waals surface area contributed by atoms with Gasteiger partial charge in [0.1, 0.15) is 17.9 Å². The highest BCUT2D eigenvalue weighted by Crippen LogP contribution is 2.53. The first kappa shape index (κ1) is 25.3. The summed E-state index contributed by atoms with van der Waals surface area (Å²) in [4.78, 5) is 45.3. The minimum Gasteiger partial charge on any atom is -0.381 e. The Labute approximate surface area is 233 Å². The number of hydrogen-bond acceptors (Lipinski definition) is 6. The van der Waals surface area contributed by atoms with Gasteiger partial charge in [0.15, 0.2) is 5.69 Å². The van der Waals surface area contributed by atoms with Crippen LogP contribution in [0.5, 0.6) is 0 Å². The molecule has 208 valence electrons. The van der Waals surface area contributed by atoms with Crippen LogP contribution in [-0.4, -0.2) is 70.3 Å². The van der Waals surface area contributed by atoms with Crippen molar-refractivity contribution in [1.29, 1.82) is 5.26 Å². The molecule has 7 rings (SSSR count). The van der Waals surface area contributed by atoms with Gasteiger partial charge < -0.3 is 15.0 Å². The quantitative estimate of drug-likeness (QED) is 0.599. The number of aromatic nitrogens is 2. The lowest BCUT2D eigenvalue weighted by Gasteiger charge is -2.39. The summed E-state index contributed by atoms with van der Waals surface area (Å²) >= 11 is 0. The summed E-state index contributed by atoms with van der Waals surface area (Å²) in [5.74, 6) is 0.185. The van der Waals surface area contributed by atoms with Crippen molar-refractivity contribution >= 4 is 23.5 Å². The maximum atomic E-state index is 14.3. The number of carbonyl (C=O) groups is 3. The van der Waals surface area contributed by atoms with Crippen molar-refractivity contribution in [2.24, 2.45) is 11.8 Å². The number of likely N-dealkylation sites (N-methyl/N-ethyl adjacent to an activating group) is 1. The topological polar surface area (TPSA) is 121 Å². The number of nitrogens with zero attached hydrogens (tertiary/aromatic N) is 5. The number of rotatable bonds is 6. The van der Waals surface area contributed by atoms with Crippen LogP contribution in [0.25, 0.3) is 0 Å². The van der Waals surface area contributed by atoms with Gasteiger partial charge in [-0.05, 0) is 69.4 Å². The van der Waals surface area contributed by atoms with Gasteiger partial charge in [-0.2, -0.15) is 10.4 Å². The maximum Gasteiger partial charge on any atom is 0.276 e. The van der Waals surface area contributed by atoms with E-state index in [2.05, 4.69) is 11.4 Å². The van der Waals surface area contributed by atoms with Gasteiger partial charge in [-0.3, -0.25) is 19.3 Å². The molecule has 3 aliphatic heterocycles. The van der Waals surface area contributed by atoms with Crippen molar-refractivity contribution in [3.63, 3.8) is 0 Å². The minimum atomic E-state index is -0.800. The Morgan fingerprint density at radius 1 is 1.10 bits per heavy atom. The van der Waals surface area contributed by atoms with Crippen LogP contribution in [0.15, 0.2) is 30.3 Å². The number of piperidine rings is 1. The van der Waals surface area contributed by atoms with Gasteiger partial charge in [0.2, 0.25) is 0 Å². The lowest BCUT2D eigenvalue weighted by molar-refractivity contribution is -0.121. The van der Waals surface area contributed by atoms with Gasteiger partial charge in [0.25, 0.3) is 17.7 Å². The third-order valence-electron chi connectivity index (χ3n) is 9.40. The van der Waals surface area contributed by atoms with Gasteiger partial charge in [-0.15, -0.1) is 0 Å². The molecule has 5 aliphatic rings. The third kappa shape index (κ3) is 4.01. The second-order valence-corrected chi connectivity index (χ2v) is 11.8. The van der Waals surface area contributed by atoms with Crippen molar-refractivity contribution in [3.05, 3.63) is 47.2 Å². The molecule has 0 bridgehead atoms. The van der Waals surface area contributed by atoms with Gasteiger partial charge in [-0.25, -0.2) is 4.68 Å². The van der Waals surface area contributed by atoms with E-state index < -0.39 is 12.1 Å². The molecule has 4 fully saturated rings. The summed E-state index contributed by atoms with van der Waals surface area (Å²) in [6.45, 7) is 3.49. The third-order valence-corrected chi connectivity index (χ3v) is 9.40. The molecule has 2 saturated carbocycles. The maximum absolute atomic E-state index is 14.3. The Balaban J connectivity index is 1.36. The molecule has 2 aliphatic carbocycles. The summed E-state index contributed by atoms with van der Waals surface area (Å²) in [6, 6.07) is 10.1. The number of fused-ring (bicyclic) bond motifs is 2. The highest BCUT2D eigenvalue weighted by molar-refractivity contribution is 6.07. The fourth-order valence-corrected chi connectivity index (χ4v) is 7.17. The molecule has 0 unspecified atom stereocenters. The zero-order valence-electron chi connectivity index (χ0n) is 22.7. The van der Waals surface area contributed by atoms with Crippen LogP contribution in [0.1, 0.15) is 83.8 Å². The fourth-order valence-electron chi connectivity index (χ4n) is 7.17. The summed E-state index contributed by atoms with van der Waals surface area (Å²) in [5.41, 5.74) is 1.59. The number of likely N-dealkylation sites (tertiary alicyclic amines) is 1. The number of amides is 3. The number of ether oxygens (including phenoxy) is 1. The van der Waals surface area contributed by atoms with Crippen LogP contribution >= 0.6 is 0 Å². The lowest BCUT2D eigenvalue weighted by atomic mass is 9.82. The molecule has 40 heavy (non-hydrogen) atoms. The van der Waals surface area contributed by atoms with Crippen molar-refractivity contribution in [2.45, 2.75) is 75.5 Å². The van der Waals surface area contributed by atoms with E-state index in [1.54, 1.807) is 34.1 Å². The zero-order valence-corrected chi connectivity index (χ0v) is 22.7. The molecule has 4 heterocycles. The first-order valence-electron chi connectivity index (χ1n) is 14.6. The molecule has 1 aromatic heterocycles. The van der Waals surface area contributed by atoms with Crippen LogP contribution < -0.4 is 10.2 Å². The molecular formula is C30H34N6O4. The van der Waals surface area contributed by atoms with Crippen LogP contribution in [0.4, 0.5) is 5.82 Å². The first-order valence-corrected chi connectivity index (χ1v) is 14.6. The number of nitriles is 1. The first-order chi connectivity index (χ1) is 19.5. The predicted octanol–water partition coefficient (Wildman–Crippen LogP) is 3.02. The second-order valence-electron chi connectivity index (χ2n) is 11.8. The predicted molar refractivity (Wildman–Crippen MR) is 145 cm³/mol. The number of carbonyl (C=O) groups excluding carboxylic acids is 3. The second kappa shape index (κ2) is 9.73. The van der Waals surface area contributed by atoms with Gasteiger partial charge in [0, 0.05) is 42.8 Å². The molecule has 10 heteroatoms. The van der Waals surface area contributed by atoms with Crippen molar-refractivity contribution in [2.75, 3.05) is 24.7 Å². The van der Waals surface area contributed by atoms with Gasteiger partial charge in [-0.1, -0.05) is 18.2 Å². The Bertz CT molecular complexity index is 1390. The van der Waals surface area contributed by atoms with Crippen LogP contribution in [0.2, 0.25) is 0 Å². The number of anilines is 1. The van der Waals surface area contributed by atoms with E-state index in [1.165, 1.54) is 0 Å². The molecule has 0 spiro atoms. The average molecular weight is 543 g/mol.